The highest BCUT2D eigenvalue weighted by atomic mass is 32.2. The molecule has 0 fully saturated rings. The first-order chi connectivity index (χ1) is 9.44. The van der Waals surface area contributed by atoms with Gasteiger partial charge in [0, 0.05) is 23.6 Å². The molecule has 5 nitrogen and oxygen atoms in total. The molecule has 4 N–H and O–H groups in total. The third-order valence-electron chi connectivity index (χ3n) is 3.14. The lowest BCUT2D eigenvalue weighted by molar-refractivity contribution is 0.597. The van der Waals surface area contributed by atoms with E-state index in [1.807, 2.05) is 24.4 Å². The number of nitrogens with zero attached hydrogens (tertiary/aromatic N) is 1. The van der Waals surface area contributed by atoms with Crippen molar-refractivity contribution in [1.82, 2.24) is 4.57 Å². The van der Waals surface area contributed by atoms with Crippen molar-refractivity contribution in [3.63, 3.8) is 0 Å². The normalized spacial score (nSPS) is 11.9. The molecule has 0 aliphatic carbocycles. The number of nitrogens with two attached hydrogens (primary N) is 2. The fourth-order valence-corrected chi connectivity index (χ4v) is 3.03. The van der Waals surface area contributed by atoms with E-state index < -0.39 is 10.0 Å². The SMILES string of the molecule is C=CCn1cc(CCN)c2cc(CS(N)(=O)=O)ccc21. The molecule has 0 atom stereocenters. The molecule has 2 rings (SSSR count). The Kier molecular flexibility index (Phi) is 4.27. The van der Waals surface area contributed by atoms with Crippen LogP contribution in [0.15, 0.2) is 37.1 Å². The first-order valence-corrected chi connectivity index (χ1v) is 8.08. The van der Waals surface area contributed by atoms with Gasteiger partial charge < -0.3 is 10.3 Å². The van der Waals surface area contributed by atoms with E-state index in [1.165, 1.54) is 0 Å². The minimum absolute atomic E-state index is 0.155. The molecule has 0 saturated heterocycles. The molecule has 0 radical (unpaired) electrons. The Bertz CT molecular complexity index is 732. The molecule has 20 heavy (non-hydrogen) atoms. The molecule has 0 spiro atoms. The van der Waals surface area contributed by atoms with Crippen LogP contribution in [0.3, 0.4) is 0 Å². The van der Waals surface area contributed by atoms with Crippen LogP contribution in [-0.4, -0.2) is 19.5 Å². The quantitative estimate of drug-likeness (QED) is 0.782. The zero-order chi connectivity index (χ0) is 14.8. The van der Waals surface area contributed by atoms with Crippen LogP contribution in [0.25, 0.3) is 10.9 Å². The topological polar surface area (TPSA) is 91.1 Å². The second kappa shape index (κ2) is 5.78. The Hall–Kier alpha value is -1.63. The standard InChI is InChI=1S/C14H19N3O2S/c1-2-7-17-9-12(5-6-15)13-8-11(3-4-14(13)17)10-20(16,18)19/h2-4,8-9H,1,5-7,10,15H2,(H2,16,18,19). The molecule has 1 aromatic carbocycles. The molecule has 0 aliphatic rings. The van der Waals surface area contributed by atoms with E-state index in [0.29, 0.717) is 18.7 Å². The summed E-state index contributed by atoms with van der Waals surface area (Å²) in [5, 5.41) is 6.12. The summed E-state index contributed by atoms with van der Waals surface area (Å²) in [6, 6.07) is 5.59. The zero-order valence-electron chi connectivity index (χ0n) is 11.2. The monoisotopic (exact) mass is 293 g/mol. The number of fused-ring (bicyclic) bond motifs is 1. The zero-order valence-corrected chi connectivity index (χ0v) is 12.1. The first-order valence-electron chi connectivity index (χ1n) is 6.36. The summed E-state index contributed by atoms with van der Waals surface area (Å²) in [6.07, 6.45) is 4.61. The van der Waals surface area contributed by atoms with Crippen molar-refractivity contribution < 1.29 is 8.42 Å². The highest BCUT2D eigenvalue weighted by Gasteiger charge is 2.11. The van der Waals surface area contributed by atoms with Crippen LogP contribution in [0.1, 0.15) is 11.1 Å². The maximum absolute atomic E-state index is 11.2. The smallest absolute Gasteiger partial charge is 0.213 e. The van der Waals surface area contributed by atoms with Gasteiger partial charge in [-0.2, -0.15) is 0 Å². The molecule has 2 aromatic rings. The van der Waals surface area contributed by atoms with Crippen LogP contribution in [0.2, 0.25) is 0 Å². The second-order valence-corrected chi connectivity index (χ2v) is 6.41. The molecule has 0 aliphatic heterocycles. The lowest BCUT2D eigenvalue weighted by atomic mass is 10.1. The summed E-state index contributed by atoms with van der Waals surface area (Å²) in [6.45, 7) is 4.99. The van der Waals surface area contributed by atoms with Crippen molar-refractivity contribution in [3.8, 4) is 0 Å². The van der Waals surface area contributed by atoms with Gasteiger partial charge in [-0.05, 0) is 36.2 Å². The van der Waals surface area contributed by atoms with Crippen LogP contribution in [-0.2, 0) is 28.7 Å². The largest absolute Gasteiger partial charge is 0.343 e. The third-order valence-corrected chi connectivity index (χ3v) is 3.87. The van der Waals surface area contributed by atoms with E-state index in [9.17, 15) is 8.42 Å². The highest BCUT2D eigenvalue weighted by Crippen LogP contribution is 2.24. The highest BCUT2D eigenvalue weighted by molar-refractivity contribution is 7.88. The maximum atomic E-state index is 11.2. The van der Waals surface area contributed by atoms with Gasteiger partial charge in [-0.25, -0.2) is 13.6 Å². The minimum Gasteiger partial charge on any atom is -0.343 e. The first kappa shape index (κ1) is 14.8. The predicted octanol–water partition coefficient (Wildman–Crippen LogP) is 1.12. The van der Waals surface area contributed by atoms with Gasteiger partial charge >= 0.3 is 0 Å². The van der Waals surface area contributed by atoms with Gasteiger partial charge in [0.2, 0.25) is 10.0 Å². The molecule has 0 saturated carbocycles. The maximum Gasteiger partial charge on any atom is 0.213 e. The number of hydrogen-bond donors (Lipinski definition) is 2. The van der Waals surface area contributed by atoms with Gasteiger partial charge in [0.25, 0.3) is 0 Å². The molecule has 0 unspecified atom stereocenters. The molecule has 6 heteroatoms. The Balaban J connectivity index is 2.53. The molecular formula is C14H19N3O2S. The number of primary sulfonamides is 1. The Labute approximate surface area is 118 Å². The van der Waals surface area contributed by atoms with Crippen LogP contribution in [0.4, 0.5) is 0 Å². The van der Waals surface area contributed by atoms with Crippen molar-refractivity contribution in [2.75, 3.05) is 6.54 Å². The van der Waals surface area contributed by atoms with Crippen molar-refractivity contribution >= 4 is 20.9 Å². The summed E-state index contributed by atoms with van der Waals surface area (Å²) in [5.41, 5.74) is 8.48. The number of aromatic nitrogens is 1. The van der Waals surface area contributed by atoms with E-state index in [0.717, 1.165) is 22.9 Å². The van der Waals surface area contributed by atoms with Gasteiger partial charge in [0.05, 0.1) is 5.75 Å². The van der Waals surface area contributed by atoms with Crippen LogP contribution in [0, 0.1) is 0 Å². The van der Waals surface area contributed by atoms with Crippen LogP contribution in [0.5, 0.6) is 0 Å². The van der Waals surface area contributed by atoms with Crippen LogP contribution >= 0.6 is 0 Å². The van der Waals surface area contributed by atoms with Gasteiger partial charge in [0.15, 0.2) is 0 Å². The van der Waals surface area contributed by atoms with Crippen molar-refractivity contribution in [2.24, 2.45) is 10.9 Å². The predicted molar refractivity (Wildman–Crippen MR) is 81.7 cm³/mol. The number of allylic oxidation sites excluding steroid dienone is 1. The number of benzene rings is 1. The van der Waals surface area contributed by atoms with Crippen molar-refractivity contribution in [1.29, 1.82) is 0 Å². The average molecular weight is 293 g/mol. The van der Waals surface area contributed by atoms with Crippen molar-refractivity contribution in [3.05, 3.63) is 48.2 Å². The van der Waals surface area contributed by atoms with E-state index in [2.05, 4.69) is 11.1 Å². The molecule has 108 valence electrons. The summed E-state index contributed by atoms with van der Waals surface area (Å²) in [4.78, 5) is 0. The molecule has 1 aromatic heterocycles. The summed E-state index contributed by atoms with van der Waals surface area (Å²) >= 11 is 0. The van der Waals surface area contributed by atoms with E-state index in [4.69, 9.17) is 10.9 Å². The van der Waals surface area contributed by atoms with E-state index in [-0.39, 0.29) is 5.75 Å². The average Bonchev–Trinajstić information content (AvgIpc) is 2.66. The van der Waals surface area contributed by atoms with E-state index in [1.54, 1.807) is 6.07 Å². The second-order valence-electron chi connectivity index (χ2n) is 4.79. The number of hydrogen-bond acceptors (Lipinski definition) is 3. The summed E-state index contributed by atoms with van der Waals surface area (Å²) < 4.78 is 24.5. The summed E-state index contributed by atoms with van der Waals surface area (Å²) in [7, 11) is -3.52. The van der Waals surface area contributed by atoms with Gasteiger partial charge in [0.1, 0.15) is 0 Å². The number of rotatable bonds is 6. The fraction of sp³-hybridized carbons (Fsp3) is 0.286. The van der Waals surface area contributed by atoms with Gasteiger partial charge in [-0.1, -0.05) is 12.1 Å². The lowest BCUT2D eigenvalue weighted by Crippen LogP contribution is -2.14. The number of sulfonamides is 1. The Morgan fingerprint density at radius 3 is 2.70 bits per heavy atom. The minimum atomic E-state index is -3.52. The van der Waals surface area contributed by atoms with Gasteiger partial charge in [-0.3, -0.25) is 0 Å². The Morgan fingerprint density at radius 1 is 1.35 bits per heavy atom. The fourth-order valence-electron chi connectivity index (χ4n) is 2.38. The van der Waals surface area contributed by atoms with Crippen molar-refractivity contribution in [2.45, 2.75) is 18.7 Å². The third kappa shape index (κ3) is 3.27. The molecular weight excluding hydrogens is 274 g/mol. The van der Waals surface area contributed by atoms with Gasteiger partial charge in [-0.15, -0.1) is 6.58 Å². The Morgan fingerprint density at radius 2 is 2.10 bits per heavy atom. The molecule has 0 amide bonds. The summed E-state index contributed by atoms with van der Waals surface area (Å²) in [5.74, 6) is -0.155. The van der Waals surface area contributed by atoms with E-state index >= 15 is 0 Å². The van der Waals surface area contributed by atoms with Crippen LogP contribution < -0.4 is 10.9 Å². The molecule has 0 bridgehead atoms. The molecule has 1 heterocycles. The lowest BCUT2D eigenvalue weighted by Gasteiger charge is -2.03.